The largest absolute Gasteiger partial charge is 0.494 e. The summed E-state index contributed by atoms with van der Waals surface area (Å²) in [6, 6.07) is 0. The first kappa shape index (κ1) is 13.2. The summed E-state index contributed by atoms with van der Waals surface area (Å²) in [4.78, 5) is 11.8. The third kappa shape index (κ3) is 3.63. The minimum absolute atomic E-state index is 0.171. The minimum Gasteiger partial charge on any atom is -0.494 e. The number of hydrogen-bond acceptors (Lipinski definition) is 4. The smallest absolute Gasteiger partial charge is 0.289 e. The van der Waals surface area contributed by atoms with E-state index < -0.39 is 0 Å². The Morgan fingerprint density at radius 1 is 1.28 bits per heavy atom. The van der Waals surface area contributed by atoms with Crippen molar-refractivity contribution >= 4 is 5.91 Å². The van der Waals surface area contributed by atoms with E-state index in [9.17, 15) is 4.79 Å². The Bertz CT molecular complexity index is 309. The lowest BCUT2D eigenvalue weighted by atomic mass is 9.82. The fourth-order valence-corrected chi connectivity index (χ4v) is 2.48. The van der Waals surface area contributed by atoms with Crippen LogP contribution in [0.25, 0.3) is 0 Å². The molecule has 0 saturated heterocycles. The van der Waals surface area contributed by atoms with E-state index in [1.165, 1.54) is 19.1 Å². The van der Waals surface area contributed by atoms with Crippen LogP contribution in [-0.4, -0.2) is 32.2 Å². The Hall–Kier alpha value is -1.23. The zero-order valence-electron chi connectivity index (χ0n) is 10.7. The Morgan fingerprint density at radius 3 is 2.61 bits per heavy atom. The average molecular weight is 254 g/mol. The summed E-state index contributed by atoms with van der Waals surface area (Å²) >= 11 is 0. The minimum atomic E-state index is -0.171. The molecule has 2 aliphatic rings. The van der Waals surface area contributed by atoms with Gasteiger partial charge in [-0.2, -0.15) is 0 Å². The van der Waals surface area contributed by atoms with Crippen molar-refractivity contribution in [2.75, 3.05) is 26.3 Å². The Morgan fingerprint density at radius 2 is 2.00 bits per heavy atom. The molecule has 18 heavy (non-hydrogen) atoms. The molecule has 0 bridgehead atoms. The van der Waals surface area contributed by atoms with Crippen molar-refractivity contribution in [2.24, 2.45) is 17.6 Å². The summed E-state index contributed by atoms with van der Waals surface area (Å²) in [7, 11) is 0. The number of carbonyl (C=O) groups excluding carboxylic acids is 1. The SMILES string of the molecule is NCC1CCC(CNC(=O)C2=COCCO2)CC1. The van der Waals surface area contributed by atoms with E-state index in [4.69, 9.17) is 15.2 Å². The molecule has 1 heterocycles. The van der Waals surface area contributed by atoms with Crippen LogP contribution in [0.4, 0.5) is 0 Å². The lowest BCUT2D eigenvalue weighted by Crippen LogP contribution is -2.34. The first-order valence-corrected chi connectivity index (χ1v) is 6.72. The van der Waals surface area contributed by atoms with Crippen molar-refractivity contribution in [3.63, 3.8) is 0 Å². The maximum atomic E-state index is 11.8. The van der Waals surface area contributed by atoms with Gasteiger partial charge in [0.2, 0.25) is 5.76 Å². The van der Waals surface area contributed by atoms with Crippen molar-refractivity contribution in [3.8, 4) is 0 Å². The molecular formula is C13H22N2O3. The van der Waals surface area contributed by atoms with E-state index in [1.54, 1.807) is 0 Å². The molecular weight excluding hydrogens is 232 g/mol. The zero-order chi connectivity index (χ0) is 12.8. The van der Waals surface area contributed by atoms with E-state index in [2.05, 4.69) is 5.32 Å². The van der Waals surface area contributed by atoms with E-state index in [-0.39, 0.29) is 11.7 Å². The Kier molecular flexibility index (Phi) is 4.87. The van der Waals surface area contributed by atoms with Gasteiger partial charge in [-0.25, -0.2) is 0 Å². The fourth-order valence-electron chi connectivity index (χ4n) is 2.48. The number of rotatable bonds is 4. The number of amides is 1. The Balaban J connectivity index is 1.68. The molecule has 2 rings (SSSR count). The number of nitrogens with two attached hydrogens (primary N) is 1. The second-order valence-corrected chi connectivity index (χ2v) is 5.03. The van der Waals surface area contributed by atoms with Gasteiger partial charge in [0.1, 0.15) is 19.5 Å². The van der Waals surface area contributed by atoms with Crippen molar-refractivity contribution in [1.29, 1.82) is 0 Å². The molecule has 0 spiro atoms. The predicted octanol–water partition coefficient (Wildman–Crippen LogP) is 0.756. The summed E-state index contributed by atoms with van der Waals surface area (Å²) < 4.78 is 10.3. The van der Waals surface area contributed by atoms with Gasteiger partial charge in [0.05, 0.1) is 0 Å². The van der Waals surface area contributed by atoms with Gasteiger partial charge in [-0.3, -0.25) is 4.79 Å². The van der Waals surface area contributed by atoms with Crippen molar-refractivity contribution in [3.05, 3.63) is 12.0 Å². The maximum Gasteiger partial charge on any atom is 0.289 e. The van der Waals surface area contributed by atoms with Gasteiger partial charge in [0, 0.05) is 6.54 Å². The molecule has 5 nitrogen and oxygen atoms in total. The standard InChI is InChI=1S/C13H22N2O3/c14-7-10-1-3-11(4-2-10)8-15-13(16)12-9-17-5-6-18-12/h9-11H,1-8,14H2,(H,15,16). The third-order valence-electron chi connectivity index (χ3n) is 3.72. The topological polar surface area (TPSA) is 73.6 Å². The van der Waals surface area contributed by atoms with Gasteiger partial charge < -0.3 is 20.5 Å². The van der Waals surface area contributed by atoms with Crippen LogP contribution in [0, 0.1) is 11.8 Å². The first-order valence-electron chi connectivity index (χ1n) is 6.72. The summed E-state index contributed by atoms with van der Waals surface area (Å²) in [6.45, 7) is 2.47. The first-order chi connectivity index (χ1) is 8.79. The number of nitrogens with one attached hydrogen (secondary N) is 1. The van der Waals surface area contributed by atoms with Crippen molar-refractivity contribution < 1.29 is 14.3 Å². The highest BCUT2D eigenvalue weighted by atomic mass is 16.6. The molecule has 1 amide bonds. The van der Waals surface area contributed by atoms with Crippen LogP contribution in [0.3, 0.4) is 0 Å². The molecule has 0 unspecified atom stereocenters. The molecule has 0 aromatic rings. The average Bonchev–Trinajstić information content (AvgIpc) is 2.46. The van der Waals surface area contributed by atoms with Crippen LogP contribution < -0.4 is 11.1 Å². The highest BCUT2D eigenvalue weighted by Gasteiger charge is 2.22. The molecule has 0 atom stereocenters. The van der Waals surface area contributed by atoms with Crippen molar-refractivity contribution in [1.82, 2.24) is 5.32 Å². The number of ether oxygens (including phenoxy) is 2. The molecule has 0 aromatic heterocycles. The van der Waals surface area contributed by atoms with Gasteiger partial charge in [-0.1, -0.05) is 0 Å². The highest BCUT2D eigenvalue weighted by molar-refractivity contribution is 5.91. The van der Waals surface area contributed by atoms with Gasteiger partial charge in [0.25, 0.3) is 5.91 Å². The zero-order valence-corrected chi connectivity index (χ0v) is 10.7. The van der Waals surface area contributed by atoms with E-state index in [0.717, 1.165) is 25.9 Å². The number of hydrogen-bond donors (Lipinski definition) is 2. The van der Waals surface area contributed by atoms with Crippen LogP contribution in [0.15, 0.2) is 12.0 Å². The quantitative estimate of drug-likeness (QED) is 0.776. The van der Waals surface area contributed by atoms with Crippen molar-refractivity contribution in [2.45, 2.75) is 25.7 Å². The van der Waals surface area contributed by atoms with E-state index >= 15 is 0 Å². The van der Waals surface area contributed by atoms with Crippen LogP contribution >= 0.6 is 0 Å². The van der Waals surface area contributed by atoms with Crippen LogP contribution in [-0.2, 0) is 14.3 Å². The second kappa shape index (κ2) is 6.64. The summed E-state index contributed by atoms with van der Waals surface area (Å²) in [6.07, 6.45) is 6.06. The number of carbonyl (C=O) groups is 1. The van der Waals surface area contributed by atoms with E-state index in [1.807, 2.05) is 0 Å². The summed E-state index contributed by atoms with van der Waals surface area (Å²) in [5.41, 5.74) is 5.66. The molecule has 0 radical (unpaired) electrons. The molecule has 3 N–H and O–H groups in total. The summed E-state index contributed by atoms with van der Waals surface area (Å²) in [5.74, 6) is 1.36. The molecule has 1 saturated carbocycles. The lowest BCUT2D eigenvalue weighted by Gasteiger charge is -2.27. The maximum absolute atomic E-state index is 11.8. The normalized spacial score (nSPS) is 27.7. The van der Waals surface area contributed by atoms with Gasteiger partial charge in [0.15, 0.2) is 0 Å². The molecule has 1 aliphatic heterocycles. The van der Waals surface area contributed by atoms with Gasteiger partial charge >= 0.3 is 0 Å². The molecule has 1 fully saturated rings. The van der Waals surface area contributed by atoms with Gasteiger partial charge in [-0.05, 0) is 44.1 Å². The molecule has 102 valence electrons. The fraction of sp³-hybridized carbons (Fsp3) is 0.769. The Labute approximate surface area is 108 Å². The summed E-state index contributed by atoms with van der Waals surface area (Å²) in [5, 5.41) is 2.91. The van der Waals surface area contributed by atoms with Crippen LogP contribution in [0.1, 0.15) is 25.7 Å². The van der Waals surface area contributed by atoms with Crippen LogP contribution in [0.2, 0.25) is 0 Å². The predicted molar refractivity (Wildman–Crippen MR) is 67.5 cm³/mol. The molecule has 5 heteroatoms. The van der Waals surface area contributed by atoms with Gasteiger partial charge in [-0.15, -0.1) is 0 Å². The lowest BCUT2D eigenvalue weighted by molar-refractivity contribution is -0.122. The monoisotopic (exact) mass is 254 g/mol. The van der Waals surface area contributed by atoms with E-state index in [0.29, 0.717) is 25.0 Å². The molecule has 0 aromatic carbocycles. The highest BCUT2D eigenvalue weighted by Crippen LogP contribution is 2.27. The molecule has 1 aliphatic carbocycles. The second-order valence-electron chi connectivity index (χ2n) is 5.03. The third-order valence-corrected chi connectivity index (χ3v) is 3.72. The van der Waals surface area contributed by atoms with Crippen LogP contribution in [0.5, 0.6) is 0 Å².